The first-order chi connectivity index (χ1) is 8.06. The molecule has 1 aliphatic heterocycles. The zero-order chi connectivity index (χ0) is 12.4. The van der Waals surface area contributed by atoms with Crippen LogP contribution in [0.25, 0.3) is 0 Å². The highest BCUT2D eigenvalue weighted by molar-refractivity contribution is 9.11. The second-order valence-electron chi connectivity index (χ2n) is 4.31. The summed E-state index contributed by atoms with van der Waals surface area (Å²) in [6.45, 7) is 1.46. The molecular weight excluding hydrogens is 348 g/mol. The molecule has 0 spiro atoms. The molecule has 17 heavy (non-hydrogen) atoms. The highest BCUT2D eigenvalue weighted by Gasteiger charge is 2.22. The number of hydrogen-bond acceptors (Lipinski definition) is 2. The Morgan fingerprint density at radius 3 is 2.53 bits per heavy atom. The van der Waals surface area contributed by atoms with E-state index in [1.807, 2.05) is 23.1 Å². The van der Waals surface area contributed by atoms with Gasteiger partial charge in [-0.3, -0.25) is 4.79 Å². The third-order valence-corrected chi connectivity index (χ3v) is 3.77. The summed E-state index contributed by atoms with van der Waals surface area (Å²) in [5.74, 6) is 0.0575. The van der Waals surface area contributed by atoms with Crippen LogP contribution in [0.15, 0.2) is 27.1 Å². The van der Waals surface area contributed by atoms with Gasteiger partial charge in [-0.05, 0) is 31.0 Å². The number of likely N-dealkylation sites (tertiary alicyclic amines) is 1. The Hall–Kier alpha value is -0.390. The van der Waals surface area contributed by atoms with Crippen molar-refractivity contribution in [2.45, 2.75) is 18.9 Å². The van der Waals surface area contributed by atoms with Gasteiger partial charge in [0.2, 0.25) is 0 Å². The van der Waals surface area contributed by atoms with Crippen molar-refractivity contribution >= 4 is 37.8 Å². The lowest BCUT2D eigenvalue weighted by atomic mass is 10.1. The third-order valence-electron chi connectivity index (χ3n) is 2.85. The SMILES string of the molecule is N[C@@H]1CCCN(C(=O)c2cc(Br)cc(Br)c2)C1. The average molecular weight is 362 g/mol. The van der Waals surface area contributed by atoms with E-state index in [4.69, 9.17) is 5.73 Å². The summed E-state index contributed by atoms with van der Waals surface area (Å²) in [5.41, 5.74) is 6.58. The van der Waals surface area contributed by atoms with Crippen LogP contribution in [0.5, 0.6) is 0 Å². The fourth-order valence-electron chi connectivity index (χ4n) is 2.05. The van der Waals surface area contributed by atoms with Crippen molar-refractivity contribution in [2.24, 2.45) is 5.73 Å². The van der Waals surface area contributed by atoms with E-state index in [0.717, 1.165) is 28.3 Å². The summed E-state index contributed by atoms with van der Waals surface area (Å²) in [7, 11) is 0. The molecule has 1 heterocycles. The largest absolute Gasteiger partial charge is 0.337 e. The maximum Gasteiger partial charge on any atom is 0.253 e. The molecule has 92 valence electrons. The molecular formula is C12H14Br2N2O. The minimum atomic E-state index is 0.0575. The number of amides is 1. The first-order valence-electron chi connectivity index (χ1n) is 5.57. The quantitative estimate of drug-likeness (QED) is 0.835. The van der Waals surface area contributed by atoms with Crippen LogP contribution in [0.4, 0.5) is 0 Å². The van der Waals surface area contributed by atoms with E-state index in [9.17, 15) is 4.79 Å². The van der Waals surface area contributed by atoms with Gasteiger partial charge in [-0.2, -0.15) is 0 Å². The van der Waals surface area contributed by atoms with Crippen LogP contribution in [-0.2, 0) is 0 Å². The van der Waals surface area contributed by atoms with Gasteiger partial charge in [-0.15, -0.1) is 0 Å². The topological polar surface area (TPSA) is 46.3 Å². The fraction of sp³-hybridized carbons (Fsp3) is 0.417. The lowest BCUT2D eigenvalue weighted by Crippen LogP contribution is -2.45. The summed E-state index contributed by atoms with van der Waals surface area (Å²) >= 11 is 6.78. The molecule has 0 aliphatic carbocycles. The first-order valence-corrected chi connectivity index (χ1v) is 7.16. The Kier molecular flexibility index (Phi) is 4.22. The van der Waals surface area contributed by atoms with E-state index < -0.39 is 0 Å². The molecule has 1 fully saturated rings. The maximum atomic E-state index is 12.3. The van der Waals surface area contributed by atoms with Crippen molar-refractivity contribution < 1.29 is 4.79 Å². The molecule has 2 N–H and O–H groups in total. The predicted octanol–water partition coefficient (Wildman–Crippen LogP) is 2.77. The average Bonchev–Trinajstić information content (AvgIpc) is 2.26. The smallest absolute Gasteiger partial charge is 0.253 e. The van der Waals surface area contributed by atoms with Crippen molar-refractivity contribution in [1.29, 1.82) is 0 Å². The molecule has 1 saturated heterocycles. The van der Waals surface area contributed by atoms with E-state index >= 15 is 0 Å². The van der Waals surface area contributed by atoms with E-state index in [1.165, 1.54) is 0 Å². The highest BCUT2D eigenvalue weighted by atomic mass is 79.9. The third kappa shape index (κ3) is 3.30. The zero-order valence-corrected chi connectivity index (χ0v) is 12.5. The molecule has 1 aromatic carbocycles. The van der Waals surface area contributed by atoms with Crippen LogP contribution in [0.1, 0.15) is 23.2 Å². The van der Waals surface area contributed by atoms with E-state index in [2.05, 4.69) is 31.9 Å². The Balaban J connectivity index is 2.18. The second kappa shape index (κ2) is 5.50. The van der Waals surface area contributed by atoms with Gasteiger partial charge in [-0.1, -0.05) is 31.9 Å². The van der Waals surface area contributed by atoms with Gasteiger partial charge in [0.15, 0.2) is 0 Å². The minimum Gasteiger partial charge on any atom is -0.337 e. The number of benzene rings is 1. The number of carbonyl (C=O) groups excluding carboxylic acids is 1. The summed E-state index contributed by atoms with van der Waals surface area (Å²) < 4.78 is 1.80. The first kappa shape index (κ1) is 13.1. The van der Waals surface area contributed by atoms with Crippen LogP contribution in [0.3, 0.4) is 0 Å². The zero-order valence-electron chi connectivity index (χ0n) is 9.33. The molecule has 0 bridgehead atoms. The number of carbonyl (C=O) groups is 1. The standard InChI is InChI=1S/C12H14Br2N2O/c13-9-4-8(5-10(14)6-9)12(17)16-3-1-2-11(15)7-16/h4-6,11H,1-3,7,15H2/t11-/m1/s1. The molecule has 1 aliphatic rings. The van der Waals surface area contributed by atoms with Crippen molar-refractivity contribution in [1.82, 2.24) is 4.90 Å². The van der Waals surface area contributed by atoms with Crippen molar-refractivity contribution in [3.63, 3.8) is 0 Å². The molecule has 5 heteroatoms. The van der Waals surface area contributed by atoms with Crippen LogP contribution in [0, 0.1) is 0 Å². The number of rotatable bonds is 1. The number of piperidine rings is 1. The van der Waals surface area contributed by atoms with E-state index in [0.29, 0.717) is 12.1 Å². The molecule has 0 aromatic heterocycles. The number of nitrogens with two attached hydrogens (primary N) is 1. The Labute approximate surface area is 118 Å². The molecule has 0 unspecified atom stereocenters. The molecule has 1 amide bonds. The van der Waals surface area contributed by atoms with Crippen LogP contribution >= 0.6 is 31.9 Å². The molecule has 1 atom stereocenters. The highest BCUT2D eigenvalue weighted by Crippen LogP contribution is 2.22. The molecule has 0 saturated carbocycles. The number of hydrogen-bond donors (Lipinski definition) is 1. The van der Waals surface area contributed by atoms with Gasteiger partial charge in [-0.25, -0.2) is 0 Å². The van der Waals surface area contributed by atoms with Crippen molar-refractivity contribution in [3.8, 4) is 0 Å². The van der Waals surface area contributed by atoms with Crippen molar-refractivity contribution in [3.05, 3.63) is 32.7 Å². The summed E-state index contributed by atoms with van der Waals surface area (Å²) in [4.78, 5) is 14.1. The lowest BCUT2D eigenvalue weighted by molar-refractivity contribution is 0.0708. The molecule has 1 aromatic rings. The Bertz CT molecular complexity index is 416. The fourth-order valence-corrected chi connectivity index (χ4v) is 3.35. The van der Waals surface area contributed by atoms with Gasteiger partial charge >= 0.3 is 0 Å². The summed E-state index contributed by atoms with van der Waals surface area (Å²) in [6.07, 6.45) is 1.99. The Morgan fingerprint density at radius 1 is 1.29 bits per heavy atom. The minimum absolute atomic E-state index is 0.0575. The van der Waals surface area contributed by atoms with Crippen LogP contribution < -0.4 is 5.73 Å². The van der Waals surface area contributed by atoms with Gasteiger partial charge < -0.3 is 10.6 Å². The van der Waals surface area contributed by atoms with E-state index in [-0.39, 0.29) is 11.9 Å². The lowest BCUT2D eigenvalue weighted by Gasteiger charge is -2.30. The molecule has 3 nitrogen and oxygen atoms in total. The Morgan fingerprint density at radius 2 is 1.94 bits per heavy atom. The monoisotopic (exact) mass is 360 g/mol. The van der Waals surface area contributed by atoms with Gasteiger partial charge in [0, 0.05) is 33.6 Å². The summed E-state index contributed by atoms with van der Waals surface area (Å²) in [6, 6.07) is 5.71. The van der Waals surface area contributed by atoms with E-state index in [1.54, 1.807) is 0 Å². The van der Waals surface area contributed by atoms with Gasteiger partial charge in [0.1, 0.15) is 0 Å². The maximum absolute atomic E-state index is 12.3. The van der Waals surface area contributed by atoms with Crippen LogP contribution in [-0.4, -0.2) is 29.9 Å². The van der Waals surface area contributed by atoms with Crippen LogP contribution in [0.2, 0.25) is 0 Å². The van der Waals surface area contributed by atoms with Gasteiger partial charge in [0.25, 0.3) is 5.91 Å². The summed E-state index contributed by atoms with van der Waals surface area (Å²) in [5, 5.41) is 0. The van der Waals surface area contributed by atoms with Gasteiger partial charge in [0.05, 0.1) is 0 Å². The normalized spacial score (nSPS) is 20.4. The second-order valence-corrected chi connectivity index (χ2v) is 6.14. The molecule has 0 radical (unpaired) electrons. The number of halogens is 2. The number of nitrogens with zero attached hydrogens (tertiary/aromatic N) is 1. The molecule has 2 rings (SSSR count). The predicted molar refractivity (Wildman–Crippen MR) is 75.0 cm³/mol. The van der Waals surface area contributed by atoms with Crippen molar-refractivity contribution in [2.75, 3.05) is 13.1 Å².